The molecule has 0 rings (SSSR count). The number of esters is 3. The van der Waals surface area contributed by atoms with Gasteiger partial charge in [-0.1, -0.05) is 274 Å². The molecule has 0 spiro atoms. The van der Waals surface area contributed by atoms with Crippen molar-refractivity contribution in [2.75, 3.05) is 13.2 Å². The van der Waals surface area contributed by atoms with Gasteiger partial charge in [0.1, 0.15) is 13.2 Å². The Labute approximate surface area is 396 Å². The lowest BCUT2D eigenvalue weighted by molar-refractivity contribution is -0.167. The third-order valence-electron chi connectivity index (χ3n) is 11.9. The van der Waals surface area contributed by atoms with Gasteiger partial charge in [-0.2, -0.15) is 0 Å². The predicted molar refractivity (Wildman–Crippen MR) is 275 cm³/mol. The van der Waals surface area contributed by atoms with Crippen molar-refractivity contribution in [3.05, 3.63) is 60.8 Å². The van der Waals surface area contributed by atoms with E-state index in [1.807, 2.05) is 48.6 Å². The lowest BCUT2D eigenvalue weighted by Crippen LogP contribution is -2.30. The van der Waals surface area contributed by atoms with E-state index in [9.17, 15) is 14.4 Å². The minimum absolute atomic E-state index is 0.0879. The Balaban J connectivity index is 4.41. The maximum atomic E-state index is 12.8. The molecule has 0 aliphatic rings. The van der Waals surface area contributed by atoms with Crippen LogP contribution in [0.25, 0.3) is 0 Å². The topological polar surface area (TPSA) is 78.9 Å². The number of ether oxygens (including phenoxy) is 3. The predicted octanol–water partition coefficient (Wildman–Crippen LogP) is 18.0. The first-order chi connectivity index (χ1) is 31.5. The van der Waals surface area contributed by atoms with Crippen LogP contribution in [-0.2, 0) is 28.6 Å². The van der Waals surface area contributed by atoms with E-state index in [2.05, 4.69) is 32.9 Å². The van der Waals surface area contributed by atoms with Crippen molar-refractivity contribution in [2.45, 2.75) is 277 Å². The molecule has 0 bridgehead atoms. The van der Waals surface area contributed by atoms with E-state index < -0.39 is 6.10 Å². The molecule has 0 aromatic rings. The first kappa shape index (κ1) is 61.1. The van der Waals surface area contributed by atoms with Crippen molar-refractivity contribution in [1.29, 1.82) is 0 Å². The Morgan fingerprint density at radius 3 is 0.953 bits per heavy atom. The minimum atomic E-state index is -0.792. The van der Waals surface area contributed by atoms with Crippen molar-refractivity contribution in [3.8, 4) is 0 Å². The van der Waals surface area contributed by atoms with Gasteiger partial charge in [-0.15, -0.1) is 0 Å². The van der Waals surface area contributed by atoms with E-state index in [1.54, 1.807) is 0 Å². The zero-order valence-electron chi connectivity index (χ0n) is 42.3. The lowest BCUT2D eigenvalue weighted by atomic mass is 10.0. The van der Waals surface area contributed by atoms with E-state index in [1.165, 1.54) is 161 Å². The second-order valence-electron chi connectivity index (χ2n) is 18.2. The summed E-state index contributed by atoms with van der Waals surface area (Å²) in [6.07, 6.45) is 64.9. The van der Waals surface area contributed by atoms with Crippen LogP contribution in [0.1, 0.15) is 271 Å². The van der Waals surface area contributed by atoms with Crippen molar-refractivity contribution < 1.29 is 28.6 Å². The molecule has 0 saturated carbocycles. The van der Waals surface area contributed by atoms with Crippen LogP contribution in [0.15, 0.2) is 60.8 Å². The molecule has 6 heteroatoms. The molecule has 370 valence electrons. The van der Waals surface area contributed by atoms with Gasteiger partial charge in [0.05, 0.1) is 0 Å². The van der Waals surface area contributed by atoms with Gasteiger partial charge < -0.3 is 14.2 Å². The minimum Gasteiger partial charge on any atom is -0.462 e. The molecule has 0 aliphatic carbocycles. The first-order valence-electron chi connectivity index (χ1n) is 27.4. The summed E-state index contributed by atoms with van der Waals surface area (Å²) in [6.45, 7) is 6.49. The van der Waals surface area contributed by atoms with Crippen molar-refractivity contribution in [1.82, 2.24) is 0 Å². The summed E-state index contributed by atoms with van der Waals surface area (Å²) in [5.74, 6) is -0.918. The average Bonchev–Trinajstić information content (AvgIpc) is 3.29. The molecule has 1 unspecified atom stereocenters. The first-order valence-corrected chi connectivity index (χ1v) is 27.4. The Bertz CT molecular complexity index is 1170. The second-order valence-corrected chi connectivity index (χ2v) is 18.2. The van der Waals surface area contributed by atoms with Crippen LogP contribution in [-0.4, -0.2) is 37.2 Å². The van der Waals surface area contributed by atoms with Crippen molar-refractivity contribution in [2.24, 2.45) is 0 Å². The summed E-state index contributed by atoms with van der Waals surface area (Å²) in [7, 11) is 0. The molecule has 0 aromatic carbocycles. The zero-order chi connectivity index (χ0) is 46.5. The SMILES string of the molecule is CC\C=C/C=C\C=C/C=C\C=C/CCCCCC(=O)OC(COC(=O)CCCCCCCCCCCCCCCC)COC(=O)CCCCCCCCCCCCCCCCCCC. The highest BCUT2D eigenvalue weighted by Gasteiger charge is 2.19. The van der Waals surface area contributed by atoms with Crippen LogP contribution < -0.4 is 0 Å². The Hall–Kier alpha value is -2.89. The number of rotatable bonds is 49. The van der Waals surface area contributed by atoms with Gasteiger partial charge in [0.2, 0.25) is 0 Å². The Morgan fingerprint density at radius 2 is 0.609 bits per heavy atom. The summed E-state index contributed by atoms with van der Waals surface area (Å²) >= 11 is 0. The van der Waals surface area contributed by atoms with Gasteiger partial charge in [0.25, 0.3) is 0 Å². The number of hydrogen-bond acceptors (Lipinski definition) is 6. The molecular formula is C58H102O6. The number of allylic oxidation sites excluding steroid dienone is 10. The highest BCUT2D eigenvalue weighted by atomic mass is 16.6. The number of carbonyl (C=O) groups is 3. The zero-order valence-corrected chi connectivity index (χ0v) is 42.3. The molecule has 0 saturated heterocycles. The normalized spacial score (nSPS) is 12.5. The smallest absolute Gasteiger partial charge is 0.306 e. The monoisotopic (exact) mass is 895 g/mol. The fraction of sp³-hybridized carbons (Fsp3) is 0.776. The van der Waals surface area contributed by atoms with Gasteiger partial charge >= 0.3 is 17.9 Å². The van der Waals surface area contributed by atoms with E-state index in [0.29, 0.717) is 12.8 Å². The molecule has 0 heterocycles. The van der Waals surface area contributed by atoms with Gasteiger partial charge in [-0.05, 0) is 38.5 Å². The molecular weight excluding hydrogens is 793 g/mol. The molecule has 1 atom stereocenters. The number of unbranched alkanes of at least 4 members (excludes halogenated alkanes) is 32. The van der Waals surface area contributed by atoms with Crippen molar-refractivity contribution >= 4 is 17.9 Å². The highest BCUT2D eigenvalue weighted by molar-refractivity contribution is 5.71. The quantitative estimate of drug-likeness (QED) is 0.0262. The van der Waals surface area contributed by atoms with Crippen molar-refractivity contribution in [3.63, 3.8) is 0 Å². The van der Waals surface area contributed by atoms with Crippen LogP contribution >= 0.6 is 0 Å². The van der Waals surface area contributed by atoms with E-state index >= 15 is 0 Å². The fourth-order valence-electron chi connectivity index (χ4n) is 7.82. The van der Waals surface area contributed by atoms with Crippen LogP contribution in [0.5, 0.6) is 0 Å². The van der Waals surface area contributed by atoms with E-state index in [4.69, 9.17) is 14.2 Å². The molecule has 0 N–H and O–H groups in total. The van der Waals surface area contributed by atoms with Gasteiger partial charge in [-0.3, -0.25) is 14.4 Å². The molecule has 64 heavy (non-hydrogen) atoms. The number of carbonyl (C=O) groups excluding carboxylic acids is 3. The summed E-state index contributed by atoms with van der Waals surface area (Å²) in [6, 6.07) is 0. The molecule has 0 aliphatic heterocycles. The van der Waals surface area contributed by atoms with Crippen LogP contribution in [0.2, 0.25) is 0 Å². The van der Waals surface area contributed by atoms with Crippen LogP contribution in [0.4, 0.5) is 0 Å². The molecule has 0 amide bonds. The standard InChI is InChI=1S/C58H102O6/c1-4-7-10-13-16-19-22-25-28-29-31-33-36-39-42-45-48-51-57(60)63-54-55(53-62-56(59)50-47-44-41-38-35-32-27-24-21-18-15-12-9-6-3)64-58(61)52-49-46-43-40-37-34-30-26-23-20-17-14-11-8-5-2/h8,11,14,17,20,23,26,30,34,37,55H,4-7,9-10,12-13,15-16,18-19,21-22,24-25,27-29,31-33,35-36,38-54H2,1-3H3/b11-8-,17-14-,23-20-,30-26-,37-34-. The third kappa shape index (κ3) is 50.1. The molecule has 0 aromatic heterocycles. The summed E-state index contributed by atoms with van der Waals surface area (Å²) in [5.41, 5.74) is 0. The van der Waals surface area contributed by atoms with Gasteiger partial charge in [-0.25, -0.2) is 0 Å². The third-order valence-corrected chi connectivity index (χ3v) is 11.9. The van der Waals surface area contributed by atoms with Gasteiger partial charge in [0, 0.05) is 19.3 Å². The fourth-order valence-corrected chi connectivity index (χ4v) is 7.82. The largest absolute Gasteiger partial charge is 0.462 e. The Kier molecular flexibility index (Phi) is 50.4. The molecule has 0 fully saturated rings. The van der Waals surface area contributed by atoms with E-state index in [-0.39, 0.29) is 37.5 Å². The average molecular weight is 895 g/mol. The van der Waals surface area contributed by atoms with E-state index in [0.717, 1.165) is 70.6 Å². The Morgan fingerprint density at radius 1 is 0.328 bits per heavy atom. The maximum absolute atomic E-state index is 12.8. The lowest BCUT2D eigenvalue weighted by Gasteiger charge is -2.18. The molecule has 0 radical (unpaired) electrons. The number of hydrogen-bond donors (Lipinski definition) is 0. The summed E-state index contributed by atoms with van der Waals surface area (Å²) in [5, 5.41) is 0. The highest BCUT2D eigenvalue weighted by Crippen LogP contribution is 2.16. The maximum Gasteiger partial charge on any atom is 0.306 e. The van der Waals surface area contributed by atoms with Crippen LogP contribution in [0.3, 0.4) is 0 Å². The summed E-state index contributed by atoms with van der Waals surface area (Å²) in [4.78, 5) is 38.0. The second kappa shape index (κ2) is 52.7. The van der Waals surface area contributed by atoms with Crippen LogP contribution in [0, 0.1) is 0 Å². The molecule has 6 nitrogen and oxygen atoms in total. The van der Waals surface area contributed by atoms with Gasteiger partial charge in [0.15, 0.2) is 6.10 Å². The summed E-state index contributed by atoms with van der Waals surface area (Å²) < 4.78 is 16.8.